The first kappa shape index (κ1) is 19.5. The molecule has 0 bridgehead atoms. The van der Waals surface area contributed by atoms with Gasteiger partial charge in [-0.05, 0) is 31.9 Å². The molecule has 144 valence electrons. The Morgan fingerprint density at radius 2 is 2.11 bits per heavy atom. The van der Waals surface area contributed by atoms with Crippen molar-refractivity contribution in [1.82, 2.24) is 25.2 Å². The van der Waals surface area contributed by atoms with Gasteiger partial charge in [-0.15, -0.1) is 0 Å². The fourth-order valence-electron chi connectivity index (χ4n) is 3.15. The van der Waals surface area contributed by atoms with Gasteiger partial charge in [0.2, 0.25) is 5.82 Å². The van der Waals surface area contributed by atoms with Crippen molar-refractivity contribution in [2.45, 2.75) is 32.9 Å². The van der Waals surface area contributed by atoms with Gasteiger partial charge in [-0.1, -0.05) is 11.6 Å². The standard InChI is InChI=1S/C19H25ClN6O/c1-12-13(2)23-17(19(27)25(3)4)24-18(12)26-6-5-16(11-26)22-9-14-7-15(20)10-21-8-14/h7-8,10,16,22H,5-6,9,11H2,1-4H3/t16-/m1/s1. The highest BCUT2D eigenvalue weighted by Crippen LogP contribution is 2.24. The highest BCUT2D eigenvalue weighted by molar-refractivity contribution is 6.30. The third-order valence-corrected chi connectivity index (χ3v) is 5.01. The number of rotatable bonds is 5. The molecule has 3 heterocycles. The molecule has 27 heavy (non-hydrogen) atoms. The Morgan fingerprint density at radius 3 is 2.81 bits per heavy atom. The van der Waals surface area contributed by atoms with E-state index in [1.807, 2.05) is 26.1 Å². The second-order valence-corrected chi connectivity index (χ2v) is 7.54. The molecule has 0 unspecified atom stereocenters. The Bertz CT molecular complexity index is 841. The summed E-state index contributed by atoms with van der Waals surface area (Å²) in [6.45, 7) is 6.37. The number of carbonyl (C=O) groups excluding carboxylic acids is 1. The second-order valence-electron chi connectivity index (χ2n) is 7.10. The van der Waals surface area contributed by atoms with E-state index < -0.39 is 0 Å². The lowest BCUT2D eigenvalue weighted by Gasteiger charge is -2.22. The van der Waals surface area contributed by atoms with Crippen LogP contribution >= 0.6 is 11.6 Å². The van der Waals surface area contributed by atoms with Gasteiger partial charge in [-0.25, -0.2) is 9.97 Å². The molecule has 1 saturated heterocycles. The number of nitrogens with one attached hydrogen (secondary N) is 1. The molecule has 1 atom stereocenters. The maximum Gasteiger partial charge on any atom is 0.291 e. The summed E-state index contributed by atoms with van der Waals surface area (Å²) in [7, 11) is 3.42. The van der Waals surface area contributed by atoms with Crippen LogP contribution in [-0.4, -0.2) is 59.0 Å². The molecule has 7 nitrogen and oxygen atoms in total. The van der Waals surface area contributed by atoms with E-state index in [2.05, 4.69) is 25.2 Å². The number of carbonyl (C=O) groups is 1. The first-order valence-electron chi connectivity index (χ1n) is 9.00. The molecule has 1 fully saturated rings. The summed E-state index contributed by atoms with van der Waals surface area (Å²) in [5.41, 5.74) is 2.92. The first-order valence-corrected chi connectivity index (χ1v) is 9.37. The molecule has 2 aromatic rings. The zero-order chi connectivity index (χ0) is 19.6. The number of aromatic nitrogens is 3. The molecule has 0 spiro atoms. The highest BCUT2D eigenvalue weighted by atomic mass is 35.5. The predicted octanol–water partition coefficient (Wildman–Crippen LogP) is 2.21. The van der Waals surface area contributed by atoms with Crippen LogP contribution in [0.15, 0.2) is 18.5 Å². The van der Waals surface area contributed by atoms with Crippen LogP contribution in [0.5, 0.6) is 0 Å². The van der Waals surface area contributed by atoms with Crippen LogP contribution in [0.25, 0.3) is 0 Å². The zero-order valence-corrected chi connectivity index (χ0v) is 16.9. The Hall–Kier alpha value is -2.25. The maximum absolute atomic E-state index is 12.3. The van der Waals surface area contributed by atoms with E-state index in [4.69, 9.17) is 11.6 Å². The minimum atomic E-state index is -0.179. The van der Waals surface area contributed by atoms with Crippen LogP contribution in [0.2, 0.25) is 5.02 Å². The van der Waals surface area contributed by atoms with Crippen molar-refractivity contribution in [3.05, 3.63) is 46.1 Å². The molecule has 1 N–H and O–H groups in total. The van der Waals surface area contributed by atoms with Gasteiger partial charge >= 0.3 is 0 Å². The number of amides is 1. The molecule has 1 amide bonds. The van der Waals surface area contributed by atoms with Gasteiger partial charge in [0, 0.05) is 63.4 Å². The Kier molecular flexibility index (Phi) is 5.92. The van der Waals surface area contributed by atoms with E-state index in [0.29, 0.717) is 11.1 Å². The number of hydrogen-bond acceptors (Lipinski definition) is 6. The zero-order valence-electron chi connectivity index (χ0n) is 16.2. The van der Waals surface area contributed by atoms with Crippen LogP contribution in [0, 0.1) is 13.8 Å². The van der Waals surface area contributed by atoms with Crippen molar-refractivity contribution in [3.63, 3.8) is 0 Å². The Labute approximate surface area is 164 Å². The molecular weight excluding hydrogens is 364 g/mol. The van der Waals surface area contributed by atoms with Crippen molar-refractivity contribution < 1.29 is 4.79 Å². The second kappa shape index (κ2) is 8.19. The van der Waals surface area contributed by atoms with E-state index in [9.17, 15) is 4.79 Å². The molecule has 0 saturated carbocycles. The summed E-state index contributed by atoms with van der Waals surface area (Å²) in [6.07, 6.45) is 4.46. The predicted molar refractivity (Wildman–Crippen MR) is 106 cm³/mol. The minimum absolute atomic E-state index is 0.179. The number of pyridine rings is 1. The molecule has 0 aliphatic carbocycles. The van der Waals surface area contributed by atoms with Gasteiger partial charge < -0.3 is 15.1 Å². The van der Waals surface area contributed by atoms with Crippen LogP contribution in [0.3, 0.4) is 0 Å². The largest absolute Gasteiger partial charge is 0.355 e. The van der Waals surface area contributed by atoms with Crippen molar-refractivity contribution in [2.24, 2.45) is 0 Å². The maximum atomic E-state index is 12.3. The molecule has 1 aliphatic rings. The SMILES string of the molecule is Cc1nc(C(=O)N(C)C)nc(N2CC[C@@H](NCc3cncc(Cl)c3)C2)c1C. The van der Waals surface area contributed by atoms with Gasteiger partial charge in [0.15, 0.2) is 0 Å². The van der Waals surface area contributed by atoms with Gasteiger partial charge in [-0.3, -0.25) is 9.78 Å². The normalized spacial score (nSPS) is 16.6. The lowest BCUT2D eigenvalue weighted by atomic mass is 10.2. The van der Waals surface area contributed by atoms with Crippen LogP contribution in [0.4, 0.5) is 5.82 Å². The van der Waals surface area contributed by atoms with E-state index in [1.165, 1.54) is 4.90 Å². The summed E-state index contributed by atoms with van der Waals surface area (Å²) in [5, 5.41) is 4.20. The lowest BCUT2D eigenvalue weighted by molar-refractivity contribution is 0.0815. The van der Waals surface area contributed by atoms with E-state index >= 15 is 0 Å². The summed E-state index contributed by atoms with van der Waals surface area (Å²) < 4.78 is 0. The Morgan fingerprint density at radius 1 is 1.33 bits per heavy atom. The minimum Gasteiger partial charge on any atom is -0.355 e. The van der Waals surface area contributed by atoms with Gasteiger partial charge in [0.1, 0.15) is 5.82 Å². The molecule has 8 heteroatoms. The quantitative estimate of drug-likeness (QED) is 0.846. The molecule has 3 rings (SSSR count). The number of aryl methyl sites for hydroxylation is 1. The average molecular weight is 389 g/mol. The summed E-state index contributed by atoms with van der Waals surface area (Å²) in [5.74, 6) is 0.919. The molecule has 2 aromatic heterocycles. The topological polar surface area (TPSA) is 74.2 Å². The third kappa shape index (κ3) is 4.54. The summed E-state index contributed by atoms with van der Waals surface area (Å²) in [4.78, 5) is 29.1. The van der Waals surface area contributed by atoms with Crippen LogP contribution in [-0.2, 0) is 6.54 Å². The molecule has 1 aliphatic heterocycles. The fraction of sp³-hybridized carbons (Fsp3) is 0.474. The first-order chi connectivity index (χ1) is 12.8. The number of hydrogen-bond donors (Lipinski definition) is 1. The fourth-order valence-corrected chi connectivity index (χ4v) is 3.35. The van der Waals surface area contributed by atoms with Crippen molar-refractivity contribution >= 4 is 23.3 Å². The van der Waals surface area contributed by atoms with E-state index in [0.717, 1.165) is 48.7 Å². The molecular formula is C19H25ClN6O. The van der Waals surface area contributed by atoms with Crippen LogP contribution in [0.1, 0.15) is 33.9 Å². The monoisotopic (exact) mass is 388 g/mol. The summed E-state index contributed by atoms with van der Waals surface area (Å²) >= 11 is 5.99. The highest BCUT2D eigenvalue weighted by Gasteiger charge is 2.26. The van der Waals surface area contributed by atoms with Crippen LogP contribution < -0.4 is 10.2 Å². The van der Waals surface area contributed by atoms with Gasteiger partial charge in [-0.2, -0.15) is 0 Å². The molecule has 0 radical (unpaired) electrons. The van der Waals surface area contributed by atoms with Crippen molar-refractivity contribution in [2.75, 3.05) is 32.1 Å². The van der Waals surface area contributed by atoms with E-state index in [-0.39, 0.29) is 11.7 Å². The number of halogens is 1. The van der Waals surface area contributed by atoms with Crippen molar-refractivity contribution in [3.8, 4) is 0 Å². The number of anilines is 1. The lowest BCUT2D eigenvalue weighted by Crippen LogP contribution is -2.33. The van der Waals surface area contributed by atoms with Gasteiger partial charge in [0.25, 0.3) is 5.91 Å². The van der Waals surface area contributed by atoms with Crippen molar-refractivity contribution in [1.29, 1.82) is 0 Å². The van der Waals surface area contributed by atoms with Gasteiger partial charge in [0.05, 0.1) is 5.02 Å². The average Bonchev–Trinajstić information content (AvgIpc) is 3.10. The van der Waals surface area contributed by atoms with E-state index in [1.54, 1.807) is 20.3 Å². The molecule has 0 aromatic carbocycles. The Balaban J connectivity index is 1.70. The number of nitrogens with zero attached hydrogens (tertiary/aromatic N) is 5. The third-order valence-electron chi connectivity index (χ3n) is 4.81. The smallest absolute Gasteiger partial charge is 0.291 e. The summed E-state index contributed by atoms with van der Waals surface area (Å²) in [6, 6.07) is 2.26.